The standard InChI is InChI=1S/C10H16.C8H14.C2H6.3CO.CH3.Fe/c1-7-5-9(3)10(4)6-8(7)2;1-5-7(3)8(4)6-2;4*1-2;;/h5-6H2,1-4H3;5-6H,1-4H3;1-2H3;;;;1H3;/q;;;;;;-1;/b;7-5+,8-6+;;;;;;. The van der Waals surface area contributed by atoms with Crippen molar-refractivity contribution in [1.82, 2.24) is 0 Å². The van der Waals surface area contributed by atoms with Crippen molar-refractivity contribution in [2.75, 3.05) is 0 Å². The molecule has 0 N–H and O–H groups in total. The number of allylic oxidation sites excluding steroid dienone is 8. The molecule has 0 unspecified atom stereocenters. The molecule has 3 nitrogen and oxygen atoms in total. The summed E-state index contributed by atoms with van der Waals surface area (Å²) in [5, 5.41) is 0. The third-order valence-electron chi connectivity index (χ3n) is 4.01. The van der Waals surface area contributed by atoms with Crippen LogP contribution in [-0.4, -0.2) is 0 Å². The van der Waals surface area contributed by atoms with Crippen molar-refractivity contribution < 1.29 is 31.0 Å². The minimum Gasteiger partial charge on any atom is -0.358 e. The molecular weight excluding hydrogens is 392 g/mol. The molecule has 0 aliphatic heterocycles. The molecule has 0 radical (unpaired) electrons. The Kier molecular flexibility index (Phi) is 59.4. The first kappa shape index (κ1) is 45.4. The molecule has 0 fully saturated rings. The molecule has 0 heterocycles. The molecule has 162 valence electrons. The average Bonchev–Trinajstić information content (AvgIpc) is 2.71. The average molecular weight is 431 g/mol. The van der Waals surface area contributed by atoms with Crippen molar-refractivity contribution in [2.24, 2.45) is 0 Å². The van der Waals surface area contributed by atoms with E-state index in [2.05, 4.69) is 87.5 Å². The molecule has 0 aromatic rings. The van der Waals surface area contributed by atoms with E-state index in [0.717, 1.165) is 0 Å². The topological polar surface area (TPSA) is 59.7 Å². The van der Waals surface area contributed by atoms with Crippen LogP contribution in [0.1, 0.15) is 82.1 Å². The van der Waals surface area contributed by atoms with E-state index < -0.39 is 0 Å². The molecule has 0 atom stereocenters. The Morgan fingerprint density at radius 2 is 0.786 bits per heavy atom. The van der Waals surface area contributed by atoms with E-state index in [-0.39, 0.29) is 24.5 Å². The number of hydrogen-bond acceptors (Lipinski definition) is 0. The van der Waals surface area contributed by atoms with Crippen LogP contribution in [0.25, 0.3) is 0 Å². The van der Waals surface area contributed by atoms with Gasteiger partial charge in [-0.3, -0.25) is 0 Å². The van der Waals surface area contributed by atoms with E-state index in [1.54, 1.807) is 22.3 Å². The van der Waals surface area contributed by atoms with E-state index >= 15 is 0 Å². The Bertz CT molecular complexity index is 454. The Morgan fingerprint density at radius 3 is 0.893 bits per heavy atom. The number of rotatable bonds is 1. The van der Waals surface area contributed by atoms with Gasteiger partial charge in [-0.05, 0) is 68.2 Å². The third kappa shape index (κ3) is 26.9. The van der Waals surface area contributed by atoms with Gasteiger partial charge in [0, 0.05) is 17.1 Å². The summed E-state index contributed by atoms with van der Waals surface area (Å²) in [6.45, 7) is 34.8. The van der Waals surface area contributed by atoms with Crippen LogP contribution < -0.4 is 0 Å². The summed E-state index contributed by atoms with van der Waals surface area (Å²) in [4.78, 5) is 0. The monoisotopic (exact) mass is 431 g/mol. The van der Waals surface area contributed by atoms with Gasteiger partial charge in [0.25, 0.3) is 0 Å². The quantitative estimate of drug-likeness (QED) is 0.134. The SMILES string of the molecule is C/C=C(C)/C(C)=C/C.CC.CC1=C(C)CC(C)=C(C)C1.[C-]#[O+].[C-]#[O+].[C-]#[O+].[CH3-].[Fe]. The molecule has 1 aliphatic rings. The predicted molar refractivity (Wildman–Crippen MR) is 114 cm³/mol. The maximum Gasteiger partial charge on any atom is 0 e. The van der Waals surface area contributed by atoms with Crippen LogP contribution in [0.3, 0.4) is 0 Å². The van der Waals surface area contributed by atoms with Crippen LogP contribution in [-0.2, 0) is 31.0 Å². The van der Waals surface area contributed by atoms with Crippen molar-refractivity contribution >= 4 is 0 Å². The molecule has 1 rings (SSSR count). The van der Waals surface area contributed by atoms with Gasteiger partial charge < -0.3 is 7.43 Å². The van der Waals surface area contributed by atoms with Gasteiger partial charge in [-0.2, -0.15) is 0 Å². The second-order valence-electron chi connectivity index (χ2n) is 5.42. The maximum atomic E-state index is 7.50. The van der Waals surface area contributed by atoms with Gasteiger partial charge in [-0.1, -0.05) is 59.4 Å². The zero-order valence-corrected chi connectivity index (χ0v) is 20.8. The van der Waals surface area contributed by atoms with Gasteiger partial charge >= 0.3 is 33.9 Å². The molecule has 0 aromatic heterocycles. The second-order valence-corrected chi connectivity index (χ2v) is 5.42. The minimum absolute atomic E-state index is 0. The van der Waals surface area contributed by atoms with Gasteiger partial charge in [-0.15, -0.1) is 0 Å². The van der Waals surface area contributed by atoms with Crippen molar-refractivity contribution in [3.63, 3.8) is 0 Å². The molecule has 1 aliphatic carbocycles. The first-order valence-electron chi connectivity index (χ1n) is 8.51. The number of hydrogen-bond donors (Lipinski definition) is 0. The van der Waals surface area contributed by atoms with Crippen LogP contribution in [0.4, 0.5) is 0 Å². The summed E-state index contributed by atoms with van der Waals surface area (Å²) in [6.07, 6.45) is 6.65. The van der Waals surface area contributed by atoms with E-state index in [0.29, 0.717) is 0 Å². The van der Waals surface area contributed by atoms with Crippen molar-refractivity contribution in [3.8, 4) is 0 Å². The Hall–Kier alpha value is -1.30. The zero-order valence-electron chi connectivity index (χ0n) is 19.6. The van der Waals surface area contributed by atoms with Crippen molar-refractivity contribution in [1.29, 1.82) is 0 Å². The van der Waals surface area contributed by atoms with Gasteiger partial charge in [0.15, 0.2) is 0 Å². The molecule has 0 bridgehead atoms. The third-order valence-corrected chi connectivity index (χ3v) is 4.01. The van der Waals surface area contributed by atoms with Gasteiger partial charge in [-0.25, -0.2) is 0 Å². The van der Waals surface area contributed by atoms with Gasteiger partial charge in [0.1, 0.15) is 0 Å². The molecule has 4 heteroatoms. The summed E-state index contributed by atoms with van der Waals surface area (Å²) in [7, 11) is 0. The fourth-order valence-electron chi connectivity index (χ4n) is 1.85. The van der Waals surface area contributed by atoms with E-state index in [4.69, 9.17) is 14.0 Å². The largest absolute Gasteiger partial charge is 0.358 e. The predicted octanol–water partition coefficient (Wildman–Crippen LogP) is 7.73. The molecule has 0 saturated heterocycles. The van der Waals surface area contributed by atoms with Crippen molar-refractivity contribution in [2.45, 2.75) is 82.1 Å². The van der Waals surface area contributed by atoms with E-state index in [1.165, 1.54) is 24.0 Å². The van der Waals surface area contributed by atoms with Crippen LogP contribution in [0, 0.1) is 27.4 Å². The van der Waals surface area contributed by atoms with E-state index in [1.807, 2.05) is 13.8 Å². The molecule has 0 spiro atoms. The molecule has 0 amide bonds. The Morgan fingerprint density at radius 1 is 0.643 bits per heavy atom. The molecule has 0 aromatic carbocycles. The molecule has 0 saturated carbocycles. The first-order valence-corrected chi connectivity index (χ1v) is 8.51. The fraction of sp³-hybridized carbons (Fsp3) is 0.500. The minimum atomic E-state index is 0. The fourth-order valence-corrected chi connectivity index (χ4v) is 1.85. The van der Waals surface area contributed by atoms with Crippen LogP contribution in [0.5, 0.6) is 0 Å². The second kappa shape index (κ2) is 36.6. The summed E-state index contributed by atoms with van der Waals surface area (Å²) < 4.78 is 22.5. The maximum absolute atomic E-state index is 7.50. The summed E-state index contributed by atoms with van der Waals surface area (Å²) >= 11 is 0. The Labute approximate surface area is 186 Å². The van der Waals surface area contributed by atoms with Gasteiger partial charge in [0.05, 0.1) is 0 Å². The van der Waals surface area contributed by atoms with E-state index in [9.17, 15) is 0 Å². The van der Waals surface area contributed by atoms with Crippen molar-refractivity contribution in [3.05, 3.63) is 73.0 Å². The normalized spacial score (nSPS) is 11.9. The molecular formula is C24H39FeO3-. The first-order chi connectivity index (χ1) is 12.3. The smallest absolute Gasteiger partial charge is 0 e. The summed E-state index contributed by atoms with van der Waals surface area (Å²) in [6, 6.07) is 0. The summed E-state index contributed by atoms with van der Waals surface area (Å²) in [5.41, 5.74) is 9.03. The summed E-state index contributed by atoms with van der Waals surface area (Å²) in [5.74, 6) is 0. The zero-order chi connectivity index (χ0) is 22.3. The van der Waals surface area contributed by atoms with Gasteiger partial charge in [0.2, 0.25) is 0 Å². The van der Waals surface area contributed by atoms with Crippen LogP contribution in [0.15, 0.2) is 45.6 Å². The Balaban J connectivity index is -0.0000000445. The molecule has 28 heavy (non-hydrogen) atoms. The van der Waals surface area contributed by atoms with Crippen LogP contribution in [0.2, 0.25) is 0 Å². The van der Waals surface area contributed by atoms with Crippen LogP contribution >= 0.6 is 0 Å².